The van der Waals surface area contributed by atoms with Crippen molar-refractivity contribution in [2.45, 2.75) is 30.9 Å². The van der Waals surface area contributed by atoms with Crippen LogP contribution in [0.1, 0.15) is 26.2 Å². The molecular formula is C20H33IN4OS. The number of rotatable bonds is 6. The van der Waals surface area contributed by atoms with Gasteiger partial charge < -0.3 is 20.3 Å². The van der Waals surface area contributed by atoms with E-state index in [2.05, 4.69) is 57.4 Å². The summed E-state index contributed by atoms with van der Waals surface area (Å²) in [5.74, 6) is 3.77. The number of aliphatic imine (C=N–C) groups is 1. The van der Waals surface area contributed by atoms with Crippen molar-refractivity contribution in [3.8, 4) is 5.75 Å². The summed E-state index contributed by atoms with van der Waals surface area (Å²) in [6.45, 7) is 6.47. The lowest BCUT2D eigenvalue weighted by Crippen LogP contribution is -2.45. The van der Waals surface area contributed by atoms with Gasteiger partial charge in [0.05, 0.1) is 7.11 Å². The zero-order valence-corrected chi connectivity index (χ0v) is 19.8. The highest BCUT2D eigenvalue weighted by atomic mass is 127. The van der Waals surface area contributed by atoms with E-state index < -0.39 is 0 Å². The number of anilines is 1. The number of ether oxygens (including phenoxy) is 1. The van der Waals surface area contributed by atoms with Crippen molar-refractivity contribution in [2.75, 3.05) is 51.0 Å². The number of methoxy groups -OCH3 is 1. The average molecular weight is 504 g/mol. The van der Waals surface area contributed by atoms with E-state index in [-0.39, 0.29) is 24.0 Å². The van der Waals surface area contributed by atoms with Crippen molar-refractivity contribution >= 4 is 47.4 Å². The zero-order chi connectivity index (χ0) is 18.4. The van der Waals surface area contributed by atoms with Gasteiger partial charge in [-0.05, 0) is 50.0 Å². The molecule has 0 aromatic heterocycles. The molecule has 2 atom stereocenters. The minimum Gasteiger partial charge on any atom is -0.497 e. The molecule has 1 aromatic carbocycles. The Bertz CT molecular complexity index is 622. The van der Waals surface area contributed by atoms with Crippen LogP contribution in [0.4, 0.5) is 5.69 Å². The van der Waals surface area contributed by atoms with Crippen LogP contribution >= 0.6 is 35.7 Å². The standard InChI is InChI=1S/C20H32N4OS.HI/c1-20(9-5-11-26-20)15-23-19(21-2)22-13-16-8-10-24(14-16)17-6-4-7-18(12-17)25-3;/h4,6-7,12,16H,5,8-11,13-15H2,1-3H3,(H2,21,22,23);1H. The molecule has 2 aliphatic rings. The van der Waals surface area contributed by atoms with Gasteiger partial charge in [0.15, 0.2) is 5.96 Å². The molecule has 2 aliphatic heterocycles. The SMILES string of the molecule is CN=C(NCC1CCN(c2cccc(OC)c2)C1)NCC1(C)CCCS1.I. The van der Waals surface area contributed by atoms with E-state index in [0.29, 0.717) is 10.7 Å². The van der Waals surface area contributed by atoms with Crippen LogP contribution in [0.15, 0.2) is 29.3 Å². The fraction of sp³-hybridized carbons (Fsp3) is 0.650. The van der Waals surface area contributed by atoms with Crippen molar-refractivity contribution in [3.63, 3.8) is 0 Å². The molecule has 1 aromatic rings. The van der Waals surface area contributed by atoms with Gasteiger partial charge in [-0.2, -0.15) is 11.8 Å². The Kier molecular flexibility index (Phi) is 8.85. The van der Waals surface area contributed by atoms with Gasteiger partial charge in [0.1, 0.15) is 5.75 Å². The van der Waals surface area contributed by atoms with E-state index in [9.17, 15) is 0 Å². The number of nitrogens with one attached hydrogen (secondary N) is 2. The quantitative estimate of drug-likeness (QED) is 0.353. The molecule has 0 saturated carbocycles. The number of nitrogens with zero attached hydrogens (tertiary/aromatic N) is 2. The topological polar surface area (TPSA) is 48.9 Å². The third-order valence-corrected chi connectivity index (χ3v) is 6.95. The van der Waals surface area contributed by atoms with E-state index in [4.69, 9.17) is 4.74 Å². The maximum absolute atomic E-state index is 5.35. The van der Waals surface area contributed by atoms with Crippen LogP contribution in [-0.4, -0.2) is 56.8 Å². The van der Waals surface area contributed by atoms with Crippen molar-refractivity contribution in [2.24, 2.45) is 10.9 Å². The summed E-state index contributed by atoms with van der Waals surface area (Å²) in [5.41, 5.74) is 1.25. The summed E-state index contributed by atoms with van der Waals surface area (Å²) >= 11 is 2.08. The Hall–Kier alpha value is -0.830. The summed E-state index contributed by atoms with van der Waals surface area (Å²) in [4.78, 5) is 6.84. The van der Waals surface area contributed by atoms with Crippen LogP contribution in [0.5, 0.6) is 5.75 Å². The fourth-order valence-electron chi connectivity index (χ4n) is 3.75. The first-order valence-electron chi connectivity index (χ1n) is 9.59. The molecule has 2 N–H and O–H groups in total. The lowest BCUT2D eigenvalue weighted by Gasteiger charge is -2.25. The highest BCUT2D eigenvalue weighted by molar-refractivity contribution is 14.0. The second-order valence-electron chi connectivity index (χ2n) is 7.51. The number of benzene rings is 1. The summed E-state index contributed by atoms with van der Waals surface area (Å²) < 4.78 is 5.70. The molecule has 3 rings (SSSR count). The van der Waals surface area contributed by atoms with Crippen LogP contribution in [0.25, 0.3) is 0 Å². The van der Waals surface area contributed by atoms with Crippen LogP contribution in [-0.2, 0) is 0 Å². The third kappa shape index (κ3) is 6.34. The van der Waals surface area contributed by atoms with Crippen molar-refractivity contribution in [3.05, 3.63) is 24.3 Å². The molecule has 2 unspecified atom stereocenters. The molecule has 2 saturated heterocycles. The number of hydrogen-bond donors (Lipinski definition) is 2. The van der Waals surface area contributed by atoms with Crippen molar-refractivity contribution < 1.29 is 4.74 Å². The molecule has 2 fully saturated rings. The summed E-state index contributed by atoms with van der Waals surface area (Å²) in [7, 11) is 3.58. The Labute approximate surface area is 185 Å². The van der Waals surface area contributed by atoms with Gasteiger partial charge >= 0.3 is 0 Å². The minimum atomic E-state index is 0. The van der Waals surface area contributed by atoms with Gasteiger partial charge in [-0.15, -0.1) is 24.0 Å². The number of halogens is 1. The molecule has 0 aliphatic carbocycles. The average Bonchev–Trinajstić information content (AvgIpc) is 3.31. The molecule has 152 valence electrons. The second-order valence-corrected chi connectivity index (χ2v) is 9.19. The largest absolute Gasteiger partial charge is 0.497 e. The first-order valence-corrected chi connectivity index (χ1v) is 10.6. The van der Waals surface area contributed by atoms with E-state index in [1.165, 1.54) is 30.7 Å². The molecule has 0 amide bonds. The van der Waals surface area contributed by atoms with E-state index in [1.54, 1.807) is 7.11 Å². The van der Waals surface area contributed by atoms with E-state index in [1.807, 2.05) is 13.1 Å². The molecule has 27 heavy (non-hydrogen) atoms. The summed E-state index contributed by atoms with van der Waals surface area (Å²) in [5, 5.41) is 7.05. The second kappa shape index (κ2) is 10.6. The van der Waals surface area contributed by atoms with Gasteiger partial charge in [0.25, 0.3) is 0 Å². The Balaban J connectivity index is 0.00000261. The molecule has 0 bridgehead atoms. The predicted molar refractivity (Wildman–Crippen MR) is 128 cm³/mol. The van der Waals surface area contributed by atoms with Gasteiger partial charge in [-0.25, -0.2) is 0 Å². The smallest absolute Gasteiger partial charge is 0.191 e. The molecule has 0 spiro atoms. The van der Waals surface area contributed by atoms with E-state index in [0.717, 1.165) is 37.9 Å². The van der Waals surface area contributed by atoms with Crippen LogP contribution in [0.2, 0.25) is 0 Å². The van der Waals surface area contributed by atoms with Crippen LogP contribution < -0.4 is 20.3 Å². The summed E-state index contributed by atoms with van der Waals surface area (Å²) in [6.07, 6.45) is 3.83. The third-order valence-electron chi connectivity index (χ3n) is 5.42. The molecule has 5 nitrogen and oxygen atoms in total. The lowest BCUT2D eigenvalue weighted by atomic mass is 10.1. The maximum Gasteiger partial charge on any atom is 0.191 e. The van der Waals surface area contributed by atoms with Crippen LogP contribution in [0.3, 0.4) is 0 Å². The monoisotopic (exact) mass is 504 g/mol. The molecular weight excluding hydrogens is 471 g/mol. The first kappa shape index (κ1) is 22.5. The molecule has 7 heteroatoms. The Morgan fingerprint density at radius 3 is 2.96 bits per heavy atom. The van der Waals surface area contributed by atoms with Gasteiger partial charge in [-0.3, -0.25) is 4.99 Å². The van der Waals surface area contributed by atoms with Crippen molar-refractivity contribution in [1.82, 2.24) is 10.6 Å². The van der Waals surface area contributed by atoms with E-state index >= 15 is 0 Å². The highest BCUT2D eigenvalue weighted by Gasteiger charge is 2.29. The first-order chi connectivity index (χ1) is 12.6. The minimum absolute atomic E-state index is 0. The maximum atomic E-state index is 5.35. The number of hydrogen-bond acceptors (Lipinski definition) is 4. The zero-order valence-electron chi connectivity index (χ0n) is 16.7. The van der Waals surface area contributed by atoms with Gasteiger partial charge in [0.2, 0.25) is 0 Å². The Morgan fingerprint density at radius 1 is 1.41 bits per heavy atom. The molecule has 2 heterocycles. The van der Waals surface area contributed by atoms with Crippen LogP contribution in [0, 0.1) is 5.92 Å². The van der Waals surface area contributed by atoms with Crippen molar-refractivity contribution in [1.29, 1.82) is 0 Å². The Morgan fingerprint density at radius 2 is 2.26 bits per heavy atom. The van der Waals surface area contributed by atoms with Gasteiger partial charge in [0, 0.05) is 49.7 Å². The number of guanidine groups is 1. The lowest BCUT2D eigenvalue weighted by molar-refractivity contribution is 0.415. The van der Waals surface area contributed by atoms with Gasteiger partial charge in [-0.1, -0.05) is 6.07 Å². The summed E-state index contributed by atoms with van der Waals surface area (Å²) in [6, 6.07) is 8.35. The predicted octanol–water partition coefficient (Wildman–Crippen LogP) is 3.59. The normalized spacial score (nSPS) is 25.2. The fourth-order valence-corrected chi connectivity index (χ4v) is 4.99. The molecule has 0 radical (unpaired) electrons. The number of thioether (sulfide) groups is 1. The highest BCUT2D eigenvalue weighted by Crippen LogP contribution is 2.36.